The lowest BCUT2D eigenvalue weighted by atomic mass is 10.2. The second-order valence-electron chi connectivity index (χ2n) is 3.03. The van der Waals surface area contributed by atoms with Gasteiger partial charge in [-0.25, -0.2) is 0 Å². The van der Waals surface area contributed by atoms with Gasteiger partial charge in [-0.1, -0.05) is 13.8 Å². The van der Waals surface area contributed by atoms with Crippen molar-refractivity contribution in [2.24, 2.45) is 0 Å². The van der Waals surface area contributed by atoms with Gasteiger partial charge in [0.05, 0.1) is 6.42 Å². The van der Waals surface area contributed by atoms with Crippen molar-refractivity contribution < 1.29 is 19.8 Å². The van der Waals surface area contributed by atoms with E-state index in [0.29, 0.717) is 13.0 Å². The summed E-state index contributed by atoms with van der Waals surface area (Å²) >= 11 is 0. The minimum atomic E-state index is -0.899. The van der Waals surface area contributed by atoms with Crippen molar-refractivity contribution in [3.05, 3.63) is 0 Å². The first-order chi connectivity index (χ1) is 6.52. The third-order valence-corrected chi connectivity index (χ3v) is 2.13. The van der Waals surface area contributed by atoms with Crippen molar-refractivity contribution in [2.45, 2.75) is 32.7 Å². The summed E-state index contributed by atoms with van der Waals surface area (Å²) in [6.07, 6.45) is 0.473. The molecule has 5 heteroatoms. The Morgan fingerprint density at radius 3 is 2.14 bits per heavy atom. The van der Waals surface area contributed by atoms with Gasteiger partial charge >= 0.3 is 11.9 Å². The van der Waals surface area contributed by atoms with E-state index in [0.717, 1.165) is 0 Å². The normalized spacial score (nSPS) is 12.8. The first kappa shape index (κ1) is 12.9. The van der Waals surface area contributed by atoms with Gasteiger partial charge in [-0.05, 0) is 13.0 Å². The van der Waals surface area contributed by atoms with Crippen molar-refractivity contribution in [3.63, 3.8) is 0 Å². The molecule has 0 saturated carbocycles. The first-order valence-electron chi connectivity index (χ1n) is 4.71. The zero-order chi connectivity index (χ0) is 11.1. The number of likely N-dealkylation sites (N-methyl/N-ethyl adjacent to an activating group) is 1. The van der Waals surface area contributed by atoms with E-state index in [1.54, 1.807) is 11.8 Å². The summed E-state index contributed by atoms with van der Waals surface area (Å²) in [5.74, 6) is -1.79. The van der Waals surface area contributed by atoms with Crippen LogP contribution in [0.4, 0.5) is 0 Å². The highest BCUT2D eigenvalue weighted by molar-refractivity contribution is 5.73. The summed E-state index contributed by atoms with van der Waals surface area (Å²) in [6.45, 7) is 4.45. The maximum absolute atomic E-state index is 10.8. The van der Waals surface area contributed by atoms with Crippen LogP contribution >= 0.6 is 0 Å². The Morgan fingerprint density at radius 1 is 1.29 bits per heavy atom. The summed E-state index contributed by atoms with van der Waals surface area (Å²) in [6, 6.07) is -0.570. The topological polar surface area (TPSA) is 77.8 Å². The second kappa shape index (κ2) is 6.37. The van der Waals surface area contributed by atoms with Crippen LogP contribution in [0.1, 0.15) is 26.7 Å². The molecule has 0 heterocycles. The molecule has 0 amide bonds. The highest BCUT2D eigenvalue weighted by Gasteiger charge is 2.22. The third-order valence-electron chi connectivity index (χ3n) is 2.13. The van der Waals surface area contributed by atoms with E-state index in [9.17, 15) is 9.59 Å². The average molecular weight is 203 g/mol. The molecular weight excluding hydrogens is 186 g/mol. The second-order valence-corrected chi connectivity index (χ2v) is 3.03. The maximum Gasteiger partial charge on any atom is 0.320 e. The van der Waals surface area contributed by atoms with Crippen LogP contribution in [-0.2, 0) is 9.59 Å². The first-order valence-corrected chi connectivity index (χ1v) is 4.71. The number of rotatable bonds is 7. The van der Waals surface area contributed by atoms with E-state index in [2.05, 4.69) is 0 Å². The lowest BCUT2D eigenvalue weighted by Gasteiger charge is -2.25. The predicted molar refractivity (Wildman–Crippen MR) is 51.2 cm³/mol. The Hall–Kier alpha value is -1.10. The standard InChI is InChI=1S/C9H17NO4/c1-3-7(9(13)14)10(4-2)6-5-8(11)12/h7H,3-6H2,1-2H3,(H,11,12)(H,13,14). The fourth-order valence-corrected chi connectivity index (χ4v) is 1.36. The van der Waals surface area contributed by atoms with Crippen LogP contribution in [0.5, 0.6) is 0 Å². The van der Waals surface area contributed by atoms with Crippen LogP contribution in [0.15, 0.2) is 0 Å². The third kappa shape index (κ3) is 4.23. The summed E-state index contributed by atoms with van der Waals surface area (Å²) in [7, 11) is 0. The fourth-order valence-electron chi connectivity index (χ4n) is 1.36. The molecule has 0 bridgehead atoms. The highest BCUT2D eigenvalue weighted by Crippen LogP contribution is 2.05. The van der Waals surface area contributed by atoms with Crippen LogP contribution < -0.4 is 0 Å². The Bertz CT molecular complexity index is 205. The van der Waals surface area contributed by atoms with Gasteiger partial charge in [-0.2, -0.15) is 0 Å². The lowest BCUT2D eigenvalue weighted by Crippen LogP contribution is -2.41. The molecule has 2 N–H and O–H groups in total. The SMILES string of the molecule is CCC(C(=O)O)N(CC)CCC(=O)O. The molecule has 0 saturated heterocycles. The molecule has 0 fully saturated rings. The quantitative estimate of drug-likeness (QED) is 0.635. The molecule has 0 aliphatic carbocycles. The molecule has 0 aliphatic heterocycles. The van der Waals surface area contributed by atoms with Crippen molar-refractivity contribution in [2.75, 3.05) is 13.1 Å². The molecule has 0 rings (SSSR count). The number of carboxylic acid groups (broad SMARTS) is 2. The lowest BCUT2D eigenvalue weighted by molar-refractivity contribution is -0.145. The summed E-state index contributed by atoms with van der Waals surface area (Å²) in [4.78, 5) is 22.8. The number of nitrogens with zero attached hydrogens (tertiary/aromatic N) is 1. The highest BCUT2D eigenvalue weighted by atomic mass is 16.4. The van der Waals surface area contributed by atoms with Crippen LogP contribution in [0, 0.1) is 0 Å². The van der Waals surface area contributed by atoms with Crippen molar-refractivity contribution in [1.29, 1.82) is 0 Å². The molecule has 14 heavy (non-hydrogen) atoms. The van der Waals surface area contributed by atoms with E-state index in [-0.39, 0.29) is 13.0 Å². The van der Waals surface area contributed by atoms with Gasteiger partial charge in [0, 0.05) is 6.54 Å². The van der Waals surface area contributed by atoms with Gasteiger partial charge in [0.15, 0.2) is 0 Å². The molecule has 5 nitrogen and oxygen atoms in total. The van der Waals surface area contributed by atoms with E-state index in [1.165, 1.54) is 0 Å². The predicted octanol–water partition coefficient (Wildman–Crippen LogP) is 0.646. The minimum absolute atomic E-state index is 0.0163. The van der Waals surface area contributed by atoms with Crippen LogP contribution in [0.3, 0.4) is 0 Å². The molecule has 82 valence electrons. The van der Waals surface area contributed by atoms with E-state index in [1.807, 2.05) is 6.92 Å². The van der Waals surface area contributed by atoms with Crippen LogP contribution in [-0.4, -0.2) is 46.2 Å². The molecule has 0 spiro atoms. The van der Waals surface area contributed by atoms with Gasteiger partial charge in [-0.15, -0.1) is 0 Å². The molecule has 0 aromatic heterocycles. The van der Waals surface area contributed by atoms with Crippen LogP contribution in [0.2, 0.25) is 0 Å². The largest absolute Gasteiger partial charge is 0.481 e. The Labute approximate surface area is 83.3 Å². The summed E-state index contributed by atoms with van der Waals surface area (Å²) in [5.41, 5.74) is 0. The van der Waals surface area contributed by atoms with Gasteiger partial charge in [0.25, 0.3) is 0 Å². The minimum Gasteiger partial charge on any atom is -0.481 e. The number of carbonyl (C=O) groups is 2. The van der Waals surface area contributed by atoms with Gasteiger partial charge in [0.2, 0.25) is 0 Å². The summed E-state index contributed by atoms with van der Waals surface area (Å²) in [5, 5.41) is 17.3. The fraction of sp³-hybridized carbons (Fsp3) is 0.778. The van der Waals surface area contributed by atoms with Gasteiger partial charge < -0.3 is 10.2 Å². The van der Waals surface area contributed by atoms with Gasteiger partial charge in [-0.3, -0.25) is 14.5 Å². The van der Waals surface area contributed by atoms with Crippen molar-refractivity contribution in [3.8, 4) is 0 Å². The number of aliphatic carboxylic acids is 2. The molecule has 0 radical (unpaired) electrons. The monoisotopic (exact) mass is 203 g/mol. The van der Waals surface area contributed by atoms with Crippen molar-refractivity contribution in [1.82, 2.24) is 4.90 Å². The molecule has 0 aromatic carbocycles. The zero-order valence-electron chi connectivity index (χ0n) is 8.56. The van der Waals surface area contributed by atoms with Gasteiger partial charge in [0.1, 0.15) is 6.04 Å². The Balaban J connectivity index is 4.21. The average Bonchev–Trinajstić information content (AvgIpc) is 2.10. The number of hydrogen-bond donors (Lipinski definition) is 2. The van der Waals surface area contributed by atoms with E-state index >= 15 is 0 Å². The van der Waals surface area contributed by atoms with E-state index < -0.39 is 18.0 Å². The summed E-state index contributed by atoms with van der Waals surface area (Å²) < 4.78 is 0. The molecule has 1 unspecified atom stereocenters. The number of carboxylic acids is 2. The molecule has 0 aliphatic rings. The zero-order valence-corrected chi connectivity index (χ0v) is 8.56. The molecular formula is C9H17NO4. The Kier molecular flexibility index (Phi) is 5.87. The van der Waals surface area contributed by atoms with E-state index in [4.69, 9.17) is 10.2 Å². The van der Waals surface area contributed by atoms with Crippen LogP contribution in [0.25, 0.3) is 0 Å². The Morgan fingerprint density at radius 2 is 1.86 bits per heavy atom. The molecule has 0 aromatic rings. The smallest absolute Gasteiger partial charge is 0.320 e. The number of hydrogen-bond acceptors (Lipinski definition) is 3. The van der Waals surface area contributed by atoms with Crippen molar-refractivity contribution >= 4 is 11.9 Å². The molecule has 1 atom stereocenters. The maximum atomic E-state index is 10.8.